The molecule has 0 amide bonds. The first-order valence-corrected chi connectivity index (χ1v) is 8.10. The van der Waals surface area contributed by atoms with Gasteiger partial charge in [-0.1, -0.05) is 12.1 Å². The molecule has 1 N–H and O–H groups in total. The molecule has 1 aromatic heterocycles. The smallest absolute Gasteiger partial charge is 0.134 e. The van der Waals surface area contributed by atoms with Crippen LogP contribution in [-0.2, 0) is 13.2 Å². The summed E-state index contributed by atoms with van der Waals surface area (Å²) in [5, 5.41) is 3.53. The van der Waals surface area contributed by atoms with Crippen LogP contribution in [0.25, 0.3) is 0 Å². The van der Waals surface area contributed by atoms with Crippen molar-refractivity contribution in [1.82, 2.24) is 5.32 Å². The summed E-state index contributed by atoms with van der Waals surface area (Å²) in [5.41, 5.74) is 0. The van der Waals surface area contributed by atoms with Crippen molar-refractivity contribution in [3.05, 3.63) is 50.6 Å². The molecule has 1 saturated carbocycles. The monoisotopic (exact) mass is 337 g/mol. The minimum Gasteiger partial charge on any atom is -0.487 e. The molecular formula is C15H16BrNOS. The molecule has 100 valence electrons. The molecule has 1 aliphatic rings. The Balaban J connectivity index is 1.53. The highest BCUT2D eigenvalue weighted by molar-refractivity contribution is 9.10. The second kappa shape index (κ2) is 6.07. The Bertz CT molecular complexity index is 551. The van der Waals surface area contributed by atoms with E-state index in [1.807, 2.05) is 35.6 Å². The number of halogens is 1. The summed E-state index contributed by atoms with van der Waals surface area (Å²) >= 11 is 5.32. The molecule has 1 aromatic carbocycles. The van der Waals surface area contributed by atoms with Gasteiger partial charge in [-0.25, -0.2) is 0 Å². The Hall–Kier alpha value is -0.840. The highest BCUT2D eigenvalue weighted by Gasteiger charge is 2.20. The maximum atomic E-state index is 5.82. The zero-order valence-corrected chi connectivity index (χ0v) is 13.0. The summed E-state index contributed by atoms with van der Waals surface area (Å²) in [6, 6.07) is 13.1. The first kappa shape index (κ1) is 13.2. The molecule has 3 rings (SSSR count). The summed E-state index contributed by atoms with van der Waals surface area (Å²) < 4.78 is 6.82. The van der Waals surface area contributed by atoms with Crippen LogP contribution in [0.3, 0.4) is 0 Å². The summed E-state index contributed by atoms with van der Waals surface area (Å²) in [6.07, 6.45) is 2.67. The lowest BCUT2D eigenvalue weighted by Crippen LogP contribution is -2.14. The van der Waals surface area contributed by atoms with Crippen LogP contribution >= 0.6 is 27.3 Å². The maximum absolute atomic E-state index is 5.82. The number of para-hydroxylation sites is 1. The van der Waals surface area contributed by atoms with E-state index in [4.69, 9.17) is 4.74 Å². The van der Waals surface area contributed by atoms with E-state index < -0.39 is 0 Å². The summed E-state index contributed by atoms with van der Waals surface area (Å²) in [4.78, 5) is 2.65. The van der Waals surface area contributed by atoms with Crippen molar-refractivity contribution in [3.63, 3.8) is 0 Å². The van der Waals surface area contributed by atoms with Crippen molar-refractivity contribution in [2.24, 2.45) is 0 Å². The standard InChI is InChI=1S/C15H16BrNOS/c16-14-3-1-2-4-15(14)18-10-13-8-7-12(19-13)9-17-11-5-6-11/h1-4,7-8,11,17H,5-6,9-10H2. The van der Waals surface area contributed by atoms with E-state index in [1.165, 1.54) is 22.6 Å². The second-order valence-electron chi connectivity index (χ2n) is 4.74. The van der Waals surface area contributed by atoms with E-state index in [0.717, 1.165) is 22.8 Å². The third kappa shape index (κ3) is 3.81. The van der Waals surface area contributed by atoms with E-state index in [2.05, 4.69) is 33.4 Å². The van der Waals surface area contributed by atoms with Crippen LogP contribution in [0, 0.1) is 0 Å². The summed E-state index contributed by atoms with van der Waals surface area (Å²) in [7, 11) is 0. The molecule has 1 heterocycles. The third-order valence-electron chi connectivity index (χ3n) is 3.07. The molecule has 4 heteroatoms. The van der Waals surface area contributed by atoms with Crippen molar-refractivity contribution >= 4 is 27.3 Å². The lowest BCUT2D eigenvalue weighted by molar-refractivity contribution is 0.308. The van der Waals surface area contributed by atoms with Crippen LogP contribution in [0.4, 0.5) is 0 Å². The van der Waals surface area contributed by atoms with Gasteiger partial charge >= 0.3 is 0 Å². The molecule has 2 nitrogen and oxygen atoms in total. The van der Waals surface area contributed by atoms with Gasteiger partial charge in [-0.2, -0.15) is 0 Å². The van der Waals surface area contributed by atoms with E-state index in [-0.39, 0.29) is 0 Å². The van der Waals surface area contributed by atoms with E-state index in [9.17, 15) is 0 Å². The number of hydrogen-bond acceptors (Lipinski definition) is 3. The molecule has 1 aliphatic carbocycles. The lowest BCUT2D eigenvalue weighted by Gasteiger charge is -2.06. The Morgan fingerprint density at radius 3 is 2.74 bits per heavy atom. The average molecular weight is 338 g/mol. The number of rotatable bonds is 6. The fourth-order valence-electron chi connectivity index (χ4n) is 1.84. The van der Waals surface area contributed by atoms with E-state index in [1.54, 1.807) is 0 Å². The van der Waals surface area contributed by atoms with Crippen LogP contribution in [0.5, 0.6) is 5.75 Å². The van der Waals surface area contributed by atoms with Gasteiger partial charge in [-0.15, -0.1) is 11.3 Å². The van der Waals surface area contributed by atoms with E-state index in [0.29, 0.717) is 6.61 Å². The minimum atomic E-state index is 0.636. The molecular weight excluding hydrogens is 322 g/mol. The number of hydrogen-bond donors (Lipinski definition) is 1. The number of thiophene rings is 1. The Morgan fingerprint density at radius 1 is 1.16 bits per heavy atom. The molecule has 0 saturated heterocycles. The van der Waals surface area contributed by atoms with Gasteiger partial charge in [0.1, 0.15) is 12.4 Å². The van der Waals surface area contributed by atoms with Crippen LogP contribution in [0.2, 0.25) is 0 Å². The van der Waals surface area contributed by atoms with Crippen LogP contribution in [0.15, 0.2) is 40.9 Å². The first-order chi connectivity index (χ1) is 9.31. The van der Waals surface area contributed by atoms with Crippen molar-refractivity contribution in [2.75, 3.05) is 0 Å². The van der Waals surface area contributed by atoms with Gasteiger partial charge in [0.25, 0.3) is 0 Å². The zero-order valence-electron chi connectivity index (χ0n) is 10.6. The molecule has 19 heavy (non-hydrogen) atoms. The van der Waals surface area contributed by atoms with Crippen molar-refractivity contribution in [2.45, 2.75) is 32.0 Å². The van der Waals surface area contributed by atoms with Crippen LogP contribution in [-0.4, -0.2) is 6.04 Å². The van der Waals surface area contributed by atoms with Gasteiger partial charge in [-0.3, -0.25) is 0 Å². The highest BCUT2D eigenvalue weighted by atomic mass is 79.9. The predicted molar refractivity (Wildman–Crippen MR) is 82.7 cm³/mol. The van der Waals surface area contributed by atoms with Gasteiger partial charge in [0.05, 0.1) is 4.47 Å². The quantitative estimate of drug-likeness (QED) is 0.846. The lowest BCUT2D eigenvalue weighted by atomic mass is 10.3. The van der Waals surface area contributed by atoms with Gasteiger partial charge < -0.3 is 10.1 Å². The summed E-state index contributed by atoms with van der Waals surface area (Å²) in [5.74, 6) is 0.897. The molecule has 2 aromatic rings. The first-order valence-electron chi connectivity index (χ1n) is 6.49. The molecule has 0 bridgehead atoms. The molecule has 0 radical (unpaired) electrons. The van der Waals surface area contributed by atoms with Crippen molar-refractivity contribution in [1.29, 1.82) is 0 Å². The maximum Gasteiger partial charge on any atom is 0.134 e. The third-order valence-corrected chi connectivity index (χ3v) is 4.78. The number of benzene rings is 1. The minimum absolute atomic E-state index is 0.636. The van der Waals surface area contributed by atoms with Crippen molar-refractivity contribution in [3.8, 4) is 5.75 Å². The fourth-order valence-corrected chi connectivity index (χ4v) is 3.12. The van der Waals surface area contributed by atoms with Crippen molar-refractivity contribution < 1.29 is 4.74 Å². The molecule has 0 atom stereocenters. The SMILES string of the molecule is Brc1ccccc1OCc1ccc(CNC2CC2)s1. The predicted octanol–water partition coefficient (Wildman–Crippen LogP) is 4.34. The van der Waals surface area contributed by atoms with Crippen LogP contribution in [0.1, 0.15) is 22.6 Å². The summed E-state index contributed by atoms with van der Waals surface area (Å²) in [6.45, 7) is 1.63. The van der Waals surface area contributed by atoms with Gasteiger partial charge in [0, 0.05) is 22.3 Å². The second-order valence-corrected chi connectivity index (χ2v) is 6.85. The number of ether oxygens (including phenoxy) is 1. The van der Waals surface area contributed by atoms with Gasteiger partial charge in [0.15, 0.2) is 0 Å². The van der Waals surface area contributed by atoms with Gasteiger partial charge in [0.2, 0.25) is 0 Å². The Morgan fingerprint density at radius 2 is 1.95 bits per heavy atom. The Labute approximate surface area is 125 Å². The number of nitrogens with one attached hydrogen (secondary N) is 1. The normalized spacial score (nSPS) is 14.6. The zero-order chi connectivity index (χ0) is 13.1. The molecule has 0 spiro atoms. The van der Waals surface area contributed by atoms with E-state index >= 15 is 0 Å². The highest BCUT2D eigenvalue weighted by Crippen LogP contribution is 2.26. The van der Waals surface area contributed by atoms with Gasteiger partial charge in [-0.05, 0) is 53.0 Å². The fraction of sp³-hybridized carbons (Fsp3) is 0.333. The largest absolute Gasteiger partial charge is 0.487 e. The molecule has 1 fully saturated rings. The topological polar surface area (TPSA) is 21.3 Å². The molecule has 0 aliphatic heterocycles. The average Bonchev–Trinajstić information content (AvgIpc) is 3.14. The molecule has 0 unspecified atom stereocenters. The van der Waals surface area contributed by atoms with Crippen LogP contribution < -0.4 is 10.1 Å². The Kier molecular flexibility index (Phi) is 4.21.